The molecule has 110 valence electrons. The molecule has 0 bridgehead atoms. The Morgan fingerprint density at radius 1 is 1.35 bits per heavy atom. The minimum atomic E-state index is 0.298. The van der Waals surface area contributed by atoms with Gasteiger partial charge in [-0.2, -0.15) is 0 Å². The molecule has 0 saturated carbocycles. The van der Waals surface area contributed by atoms with E-state index < -0.39 is 0 Å². The predicted octanol–water partition coefficient (Wildman–Crippen LogP) is 3.68. The molecule has 2 heterocycles. The zero-order valence-corrected chi connectivity index (χ0v) is 13.2. The number of hydrogen-bond acceptors (Lipinski definition) is 3. The highest BCUT2D eigenvalue weighted by Gasteiger charge is 2.10. The molecule has 0 aliphatic heterocycles. The number of imidazole rings is 1. The summed E-state index contributed by atoms with van der Waals surface area (Å²) >= 11 is 5.99. The number of aromatic nitrogens is 3. The van der Waals surface area contributed by atoms with E-state index in [1.165, 1.54) is 0 Å². The highest BCUT2D eigenvalue weighted by Crippen LogP contribution is 2.17. The first-order chi connectivity index (χ1) is 9.61. The van der Waals surface area contributed by atoms with Crippen LogP contribution in [0.2, 0.25) is 0 Å². The van der Waals surface area contributed by atoms with Crippen LogP contribution in [0.3, 0.4) is 0 Å². The van der Waals surface area contributed by atoms with Crippen LogP contribution in [0.5, 0.6) is 0 Å². The topological polar surface area (TPSA) is 39.9 Å². The second-order valence-corrected chi connectivity index (χ2v) is 5.56. The van der Waals surface area contributed by atoms with E-state index in [0.717, 1.165) is 48.5 Å². The average molecular weight is 296 g/mol. The number of pyridine rings is 1. The van der Waals surface area contributed by atoms with Gasteiger partial charge in [-0.3, -0.25) is 0 Å². The van der Waals surface area contributed by atoms with Gasteiger partial charge in [0.05, 0.1) is 12.0 Å². The molecule has 0 unspecified atom stereocenters. The molecule has 20 heavy (non-hydrogen) atoms. The molecule has 0 fully saturated rings. The van der Waals surface area contributed by atoms with E-state index in [2.05, 4.69) is 34.4 Å². The van der Waals surface area contributed by atoms with Crippen molar-refractivity contribution >= 4 is 22.8 Å². The summed E-state index contributed by atoms with van der Waals surface area (Å²) in [4.78, 5) is 9.04. The smallest absolute Gasteiger partial charge is 0.160 e. The molecule has 0 aromatic carbocycles. The van der Waals surface area contributed by atoms with Crippen LogP contribution in [0, 0.1) is 6.92 Å². The lowest BCUT2D eigenvalue weighted by Gasteiger charge is -2.09. The first-order valence-electron chi connectivity index (χ1n) is 7.11. The Morgan fingerprint density at radius 2 is 2.15 bits per heavy atom. The van der Waals surface area contributed by atoms with Crippen LogP contribution in [-0.4, -0.2) is 27.2 Å². The molecule has 2 aromatic rings. The molecule has 0 aliphatic rings. The van der Waals surface area contributed by atoms with E-state index in [0.29, 0.717) is 12.0 Å². The van der Waals surface area contributed by atoms with Crippen molar-refractivity contribution in [1.29, 1.82) is 0 Å². The number of alkyl halides is 1. The minimum Gasteiger partial charge on any atom is -0.379 e. The lowest BCUT2D eigenvalue weighted by molar-refractivity contribution is 0.0754. The highest BCUT2D eigenvalue weighted by molar-refractivity contribution is 6.16. The summed E-state index contributed by atoms with van der Waals surface area (Å²) in [7, 11) is 0. The number of rotatable bonds is 7. The molecule has 2 rings (SSSR count). The Bertz CT molecular complexity index is 565. The van der Waals surface area contributed by atoms with Crippen LogP contribution in [0.15, 0.2) is 12.3 Å². The maximum absolute atomic E-state index is 5.99. The molecule has 5 heteroatoms. The van der Waals surface area contributed by atoms with Crippen molar-refractivity contribution in [3.8, 4) is 0 Å². The number of nitrogens with zero attached hydrogens (tertiary/aromatic N) is 3. The van der Waals surface area contributed by atoms with Crippen molar-refractivity contribution < 1.29 is 4.74 Å². The summed E-state index contributed by atoms with van der Waals surface area (Å²) < 4.78 is 7.68. The molecular weight excluding hydrogens is 274 g/mol. The van der Waals surface area contributed by atoms with Gasteiger partial charge in [0.15, 0.2) is 5.65 Å². The Morgan fingerprint density at radius 3 is 2.85 bits per heavy atom. The highest BCUT2D eigenvalue weighted by atomic mass is 35.5. The third kappa shape index (κ3) is 3.70. The first-order valence-corrected chi connectivity index (χ1v) is 7.64. The Kier molecular flexibility index (Phi) is 5.38. The summed E-state index contributed by atoms with van der Waals surface area (Å²) in [5.74, 6) is 1.31. The van der Waals surface area contributed by atoms with Crippen LogP contribution in [0.25, 0.3) is 11.2 Å². The van der Waals surface area contributed by atoms with E-state index in [-0.39, 0.29) is 0 Å². The fourth-order valence-electron chi connectivity index (χ4n) is 2.19. The van der Waals surface area contributed by atoms with Gasteiger partial charge in [0.25, 0.3) is 0 Å². The van der Waals surface area contributed by atoms with E-state index in [1.807, 2.05) is 13.1 Å². The standard InChI is InChI=1S/C15H22ClN3O/c1-11(2)20-7-5-4-6-19-14(9-16)18-13-8-12(3)10-17-15(13)19/h8,10-11H,4-7,9H2,1-3H3. The molecule has 0 radical (unpaired) electrons. The summed E-state index contributed by atoms with van der Waals surface area (Å²) in [5.41, 5.74) is 2.98. The van der Waals surface area contributed by atoms with Crippen molar-refractivity contribution in [3.63, 3.8) is 0 Å². The third-order valence-corrected chi connectivity index (χ3v) is 3.39. The Balaban J connectivity index is 2.04. The largest absolute Gasteiger partial charge is 0.379 e. The van der Waals surface area contributed by atoms with Crippen LogP contribution in [0.1, 0.15) is 38.1 Å². The van der Waals surface area contributed by atoms with Crippen molar-refractivity contribution in [1.82, 2.24) is 14.5 Å². The maximum Gasteiger partial charge on any atom is 0.160 e. The second-order valence-electron chi connectivity index (χ2n) is 5.30. The van der Waals surface area contributed by atoms with Crippen molar-refractivity contribution in [2.75, 3.05) is 6.61 Å². The number of hydrogen-bond donors (Lipinski definition) is 0. The number of fused-ring (bicyclic) bond motifs is 1. The predicted molar refractivity (Wildman–Crippen MR) is 82.1 cm³/mol. The molecule has 4 nitrogen and oxygen atoms in total. The van der Waals surface area contributed by atoms with E-state index >= 15 is 0 Å². The molecule has 0 amide bonds. The van der Waals surface area contributed by atoms with Crippen LogP contribution in [0.4, 0.5) is 0 Å². The number of aryl methyl sites for hydroxylation is 2. The second kappa shape index (κ2) is 7.04. The van der Waals surface area contributed by atoms with E-state index in [4.69, 9.17) is 16.3 Å². The third-order valence-electron chi connectivity index (χ3n) is 3.15. The van der Waals surface area contributed by atoms with Gasteiger partial charge in [-0.1, -0.05) is 0 Å². The number of halogens is 1. The van der Waals surface area contributed by atoms with Gasteiger partial charge in [0.2, 0.25) is 0 Å². The first kappa shape index (κ1) is 15.3. The van der Waals surface area contributed by atoms with Crippen LogP contribution < -0.4 is 0 Å². The van der Waals surface area contributed by atoms with Crippen LogP contribution in [-0.2, 0) is 17.2 Å². The normalized spacial score (nSPS) is 11.7. The molecule has 0 aliphatic carbocycles. The lowest BCUT2D eigenvalue weighted by atomic mass is 10.3. The monoisotopic (exact) mass is 295 g/mol. The van der Waals surface area contributed by atoms with Crippen molar-refractivity contribution in [3.05, 3.63) is 23.7 Å². The van der Waals surface area contributed by atoms with Gasteiger partial charge in [0, 0.05) is 19.3 Å². The quantitative estimate of drug-likeness (QED) is 0.578. The van der Waals surface area contributed by atoms with Gasteiger partial charge < -0.3 is 9.30 Å². The maximum atomic E-state index is 5.99. The lowest BCUT2D eigenvalue weighted by Crippen LogP contribution is -2.07. The van der Waals surface area contributed by atoms with Gasteiger partial charge in [-0.15, -0.1) is 11.6 Å². The summed E-state index contributed by atoms with van der Waals surface area (Å²) in [6.45, 7) is 7.82. The SMILES string of the molecule is Cc1cnc2c(c1)nc(CCl)n2CCCCOC(C)C. The summed E-state index contributed by atoms with van der Waals surface area (Å²) in [5, 5.41) is 0. The van der Waals surface area contributed by atoms with E-state index in [1.54, 1.807) is 0 Å². The molecule has 0 spiro atoms. The zero-order chi connectivity index (χ0) is 14.5. The Labute approximate surface area is 125 Å². The van der Waals surface area contributed by atoms with Gasteiger partial charge in [-0.25, -0.2) is 9.97 Å². The fourth-order valence-corrected chi connectivity index (χ4v) is 2.39. The van der Waals surface area contributed by atoms with Gasteiger partial charge in [-0.05, 0) is 45.2 Å². The minimum absolute atomic E-state index is 0.298. The molecule has 2 aromatic heterocycles. The molecule has 0 atom stereocenters. The van der Waals surface area contributed by atoms with Crippen LogP contribution >= 0.6 is 11.6 Å². The van der Waals surface area contributed by atoms with Crippen molar-refractivity contribution in [2.45, 2.75) is 52.1 Å². The Hall–Kier alpha value is -1.13. The zero-order valence-electron chi connectivity index (χ0n) is 12.4. The van der Waals surface area contributed by atoms with Gasteiger partial charge >= 0.3 is 0 Å². The summed E-state index contributed by atoms with van der Waals surface area (Å²) in [6.07, 6.45) is 4.25. The van der Waals surface area contributed by atoms with Gasteiger partial charge in [0.1, 0.15) is 11.3 Å². The molecule has 0 saturated heterocycles. The fraction of sp³-hybridized carbons (Fsp3) is 0.600. The van der Waals surface area contributed by atoms with E-state index in [9.17, 15) is 0 Å². The molecule has 0 N–H and O–H groups in total. The number of unbranched alkanes of at least 4 members (excludes halogenated alkanes) is 1. The van der Waals surface area contributed by atoms with Crippen molar-refractivity contribution in [2.24, 2.45) is 0 Å². The number of ether oxygens (including phenoxy) is 1. The average Bonchev–Trinajstić information content (AvgIpc) is 2.75. The summed E-state index contributed by atoms with van der Waals surface area (Å²) in [6, 6.07) is 2.05. The molecular formula is C15H22ClN3O.